The maximum atomic E-state index is 12.9. The summed E-state index contributed by atoms with van der Waals surface area (Å²) in [6, 6.07) is 2.15. The molecule has 9 nitrogen and oxygen atoms in total. The van der Waals surface area contributed by atoms with Crippen LogP contribution in [0.3, 0.4) is 0 Å². The van der Waals surface area contributed by atoms with Gasteiger partial charge in [-0.1, -0.05) is 0 Å². The van der Waals surface area contributed by atoms with Crippen molar-refractivity contribution in [3.63, 3.8) is 0 Å². The highest BCUT2D eigenvalue weighted by Gasteiger charge is 2.33. The summed E-state index contributed by atoms with van der Waals surface area (Å²) in [6.45, 7) is 8.06. The van der Waals surface area contributed by atoms with Crippen LogP contribution >= 0.6 is 0 Å². The van der Waals surface area contributed by atoms with E-state index >= 15 is 0 Å². The molecule has 4 rings (SSSR count). The summed E-state index contributed by atoms with van der Waals surface area (Å²) in [5, 5.41) is 5.50. The van der Waals surface area contributed by atoms with E-state index in [1.54, 1.807) is 13.3 Å². The average molecular weight is 408 g/mol. The molecule has 2 aliphatic rings. The van der Waals surface area contributed by atoms with Crippen molar-refractivity contribution in [1.29, 1.82) is 0 Å². The molecule has 0 aliphatic carbocycles. The van der Waals surface area contributed by atoms with Crippen LogP contribution in [0.15, 0.2) is 12.3 Å². The van der Waals surface area contributed by atoms with Gasteiger partial charge < -0.3 is 4.90 Å². The Morgan fingerprint density at radius 3 is 2.21 bits per heavy atom. The first-order valence-electron chi connectivity index (χ1n) is 9.79. The number of likely N-dealkylation sites (N-methyl/N-ethyl adjacent to an activating group) is 1. The van der Waals surface area contributed by atoms with Gasteiger partial charge in [-0.05, 0) is 25.6 Å². The van der Waals surface area contributed by atoms with Crippen molar-refractivity contribution in [2.24, 2.45) is 7.05 Å². The highest BCUT2D eigenvalue weighted by atomic mass is 32.2. The molecular formula is C18H29N7O2S. The lowest BCUT2D eigenvalue weighted by Crippen LogP contribution is -2.56. The minimum atomic E-state index is -3.35. The molecule has 4 heterocycles. The number of nitrogens with zero attached hydrogens (tertiary/aromatic N) is 7. The second-order valence-corrected chi connectivity index (χ2v) is 9.74. The molecule has 0 bridgehead atoms. The van der Waals surface area contributed by atoms with Gasteiger partial charge in [-0.25, -0.2) is 4.98 Å². The van der Waals surface area contributed by atoms with Gasteiger partial charge in [0.2, 0.25) is 0 Å². The number of hydrogen-bond acceptors (Lipinski definition) is 6. The van der Waals surface area contributed by atoms with Crippen molar-refractivity contribution in [2.45, 2.75) is 13.5 Å². The number of aromatic nitrogens is 3. The fraction of sp³-hybridized carbons (Fsp3) is 0.667. The smallest absolute Gasteiger partial charge is 0.282 e. The van der Waals surface area contributed by atoms with Crippen molar-refractivity contribution in [1.82, 2.24) is 33.2 Å². The van der Waals surface area contributed by atoms with Crippen LogP contribution in [-0.4, -0.2) is 101 Å². The molecule has 28 heavy (non-hydrogen) atoms. The van der Waals surface area contributed by atoms with E-state index in [1.807, 2.05) is 27.2 Å². The Bertz CT molecular complexity index is 942. The second-order valence-electron chi connectivity index (χ2n) is 7.81. The molecule has 0 N–H and O–H groups in total. The summed E-state index contributed by atoms with van der Waals surface area (Å²) < 4.78 is 30.9. The van der Waals surface area contributed by atoms with Gasteiger partial charge in [0.15, 0.2) is 5.65 Å². The number of aryl methyl sites for hydroxylation is 2. The van der Waals surface area contributed by atoms with Crippen LogP contribution in [-0.2, 0) is 23.8 Å². The third-order valence-corrected chi connectivity index (χ3v) is 7.81. The van der Waals surface area contributed by atoms with Crippen molar-refractivity contribution in [3.05, 3.63) is 23.5 Å². The topological polar surface area (TPSA) is 77.8 Å². The molecule has 2 fully saturated rings. The number of hydrogen-bond donors (Lipinski definition) is 0. The summed E-state index contributed by atoms with van der Waals surface area (Å²) in [5.74, 6) is 0. The number of pyridine rings is 1. The lowest BCUT2D eigenvalue weighted by Gasteiger charge is -2.39. The largest absolute Gasteiger partial charge is 0.304 e. The Morgan fingerprint density at radius 2 is 1.57 bits per heavy atom. The maximum absolute atomic E-state index is 12.9. The van der Waals surface area contributed by atoms with E-state index in [-0.39, 0.29) is 0 Å². The van der Waals surface area contributed by atoms with Gasteiger partial charge in [-0.15, -0.1) is 0 Å². The van der Waals surface area contributed by atoms with E-state index in [9.17, 15) is 8.42 Å². The summed E-state index contributed by atoms with van der Waals surface area (Å²) in [6.07, 6.45) is 1.90. The molecule has 0 spiro atoms. The van der Waals surface area contributed by atoms with Gasteiger partial charge in [0.05, 0.1) is 5.69 Å². The van der Waals surface area contributed by atoms with Crippen LogP contribution in [0.2, 0.25) is 0 Å². The van der Waals surface area contributed by atoms with Crippen molar-refractivity contribution < 1.29 is 8.42 Å². The van der Waals surface area contributed by atoms with Gasteiger partial charge in [-0.3, -0.25) is 9.58 Å². The third kappa shape index (κ3) is 3.79. The zero-order valence-corrected chi connectivity index (χ0v) is 17.7. The molecule has 0 unspecified atom stereocenters. The molecule has 2 saturated heterocycles. The van der Waals surface area contributed by atoms with Crippen LogP contribution in [0.1, 0.15) is 11.3 Å². The number of rotatable bonds is 4. The summed E-state index contributed by atoms with van der Waals surface area (Å²) >= 11 is 0. The molecule has 0 amide bonds. The third-order valence-electron chi connectivity index (χ3n) is 5.77. The molecule has 0 saturated carbocycles. The van der Waals surface area contributed by atoms with Gasteiger partial charge in [-0.2, -0.15) is 22.1 Å². The number of fused-ring (bicyclic) bond motifs is 1. The van der Waals surface area contributed by atoms with Gasteiger partial charge >= 0.3 is 0 Å². The van der Waals surface area contributed by atoms with Crippen LogP contribution in [0.25, 0.3) is 11.0 Å². The standard InChI is InChI=1S/C18H29N7O2S/c1-15-17-12-16(13-19-18(17)22(3)20-15)14-23-6-10-25(11-7-23)28(26,27)24-8-4-21(2)5-9-24/h12-13H,4-11,14H2,1-3H3. The Hall–Kier alpha value is -1.59. The molecule has 0 aromatic carbocycles. The van der Waals surface area contributed by atoms with Crippen molar-refractivity contribution in [2.75, 3.05) is 59.4 Å². The van der Waals surface area contributed by atoms with E-state index in [0.717, 1.165) is 55.0 Å². The Morgan fingerprint density at radius 1 is 0.964 bits per heavy atom. The SMILES string of the molecule is Cc1nn(C)c2ncc(CN3CCN(S(=O)(=O)N4CCN(C)CC4)CC3)cc12. The predicted octanol–water partition coefficient (Wildman–Crippen LogP) is -0.113. The fourth-order valence-electron chi connectivity index (χ4n) is 4.00. The zero-order valence-electron chi connectivity index (χ0n) is 16.9. The summed E-state index contributed by atoms with van der Waals surface area (Å²) in [4.78, 5) is 9.01. The monoisotopic (exact) mass is 407 g/mol. The van der Waals surface area contributed by atoms with Gasteiger partial charge in [0, 0.05) is 77.5 Å². The predicted molar refractivity (Wildman–Crippen MR) is 108 cm³/mol. The quantitative estimate of drug-likeness (QED) is 0.704. The van der Waals surface area contributed by atoms with Gasteiger partial charge in [0.1, 0.15) is 0 Å². The first-order chi connectivity index (χ1) is 13.3. The lowest BCUT2D eigenvalue weighted by atomic mass is 10.2. The maximum Gasteiger partial charge on any atom is 0.282 e. The summed E-state index contributed by atoms with van der Waals surface area (Å²) in [5.41, 5.74) is 3.01. The van der Waals surface area contributed by atoms with E-state index in [2.05, 4.69) is 25.9 Å². The number of piperazine rings is 2. The average Bonchev–Trinajstić information content (AvgIpc) is 2.96. The minimum Gasteiger partial charge on any atom is -0.304 e. The highest BCUT2D eigenvalue weighted by molar-refractivity contribution is 7.86. The molecule has 0 radical (unpaired) electrons. The van der Waals surface area contributed by atoms with Crippen LogP contribution < -0.4 is 0 Å². The molecule has 154 valence electrons. The molecule has 2 aromatic rings. The highest BCUT2D eigenvalue weighted by Crippen LogP contribution is 2.19. The van der Waals surface area contributed by atoms with Gasteiger partial charge in [0.25, 0.3) is 10.2 Å². The normalized spacial score (nSPS) is 21.5. The molecule has 2 aromatic heterocycles. The molecule has 10 heteroatoms. The van der Waals surface area contributed by atoms with Crippen molar-refractivity contribution in [3.8, 4) is 0 Å². The van der Waals surface area contributed by atoms with Crippen LogP contribution in [0.4, 0.5) is 0 Å². The lowest BCUT2D eigenvalue weighted by molar-refractivity contribution is 0.165. The van der Waals surface area contributed by atoms with Crippen LogP contribution in [0.5, 0.6) is 0 Å². The van der Waals surface area contributed by atoms with E-state index < -0.39 is 10.2 Å². The molecular weight excluding hydrogens is 378 g/mol. The second kappa shape index (κ2) is 7.68. The van der Waals surface area contributed by atoms with E-state index in [0.29, 0.717) is 26.2 Å². The summed E-state index contributed by atoms with van der Waals surface area (Å²) in [7, 11) is 0.588. The zero-order chi connectivity index (χ0) is 19.9. The first-order valence-corrected chi connectivity index (χ1v) is 11.2. The van der Waals surface area contributed by atoms with Crippen molar-refractivity contribution >= 4 is 21.2 Å². The molecule has 0 atom stereocenters. The Labute approximate surface area is 166 Å². The molecule has 2 aliphatic heterocycles. The van der Waals surface area contributed by atoms with E-state index in [4.69, 9.17) is 0 Å². The first kappa shape index (κ1) is 19.7. The minimum absolute atomic E-state index is 0.538. The Balaban J connectivity index is 1.37. The van der Waals surface area contributed by atoms with E-state index in [1.165, 1.54) is 0 Å². The van der Waals surface area contributed by atoms with Crippen LogP contribution in [0, 0.1) is 6.92 Å². The fourth-order valence-corrected chi connectivity index (χ4v) is 5.57. The Kier molecular flexibility index (Phi) is 5.41.